The van der Waals surface area contributed by atoms with Gasteiger partial charge in [0.25, 0.3) is 0 Å². The van der Waals surface area contributed by atoms with Crippen LogP contribution in [0.1, 0.15) is 122 Å². The smallest absolute Gasteiger partial charge is 0.0136 e. The second-order valence-corrected chi connectivity index (χ2v) is 8.00. The van der Waals surface area contributed by atoms with Gasteiger partial charge in [0.15, 0.2) is 0 Å². The quantitative estimate of drug-likeness (QED) is 0.150. The van der Waals surface area contributed by atoms with Crippen LogP contribution in [0.15, 0.2) is 25.3 Å². The summed E-state index contributed by atoms with van der Waals surface area (Å²) in [4.78, 5) is 0. The highest BCUT2D eigenvalue weighted by Gasteiger charge is 2.02. The Labute approximate surface area is 166 Å². The summed E-state index contributed by atoms with van der Waals surface area (Å²) in [6.45, 7) is 11.1. The van der Waals surface area contributed by atoms with Crippen molar-refractivity contribution in [2.75, 3.05) is 6.54 Å². The van der Waals surface area contributed by atoms with Gasteiger partial charge in [0, 0.05) is 6.04 Å². The van der Waals surface area contributed by atoms with Crippen LogP contribution in [0.4, 0.5) is 0 Å². The first kappa shape index (κ1) is 25.4. The van der Waals surface area contributed by atoms with Gasteiger partial charge >= 0.3 is 0 Å². The van der Waals surface area contributed by atoms with Gasteiger partial charge < -0.3 is 5.32 Å². The SMILES string of the molecule is C=CCC(CC=C)NCCCCCCCCCCCCCCCCCC. The molecule has 0 saturated carbocycles. The Morgan fingerprint density at radius 2 is 0.923 bits per heavy atom. The number of hydrogen-bond donors (Lipinski definition) is 1. The lowest BCUT2D eigenvalue weighted by Crippen LogP contribution is -2.28. The van der Waals surface area contributed by atoms with Crippen molar-refractivity contribution >= 4 is 0 Å². The summed E-state index contributed by atoms with van der Waals surface area (Å²) in [5.74, 6) is 0. The zero-order chi connectivity index (χ0) is 19.1. The van der Waals surface area contributed by atoms with E-state index in [0.29, 0.717) is 6.04 Å². The molecule has 0 aliphatic heterocycles. The number of nitrogens with one attached hydrogen (secondary N) is 1. The summed E-state index contributed by atoms with van der Waals surface area (Å²) in [5.41, 5.74) is 0. The standard InChI is InChI=1S/C25H49N/c1-4-7-8-9-10-11-12-13-14-15-16-17-18-19-20-21-24-26-25(22-5-2)23-6-3/h5-6,25-26H,2-4,7-24H2,1H3. The molecule has 0 aromatic carbocycles. The number of rotatable bonds is 22. The third kappa shape index (κ3) is 19.8. The van der Waals surface area contributed by atoms with Crippen molar-refractivity contribution in [1.29, 1.82) is 0 Å². The fourth-order valence-corrected chi connectivity index (χ4v) is 3.64. The van der Waals surface area contributed by atoms with Gasteiger partial charge in [-0.25, -0.2) is 0 Å². The van der Waals surface area contributed by atoms with E-state index in [-0.39, 0.29) is 0 Å². The lowest BCUT2D eigenvalue weighted by Gasteiger charge is -2.15. The monoisotopic (exact) mass is 363 g/mol. The number of hydrogen-bond acceptors (Lipinski definition) is 1. The molecule has 1 nitrogen and oxygen atoms in total. The largest absolute Gasteiger partial charge is 0.313 e. The van der Waals surface area contributed by atoms with E-state index in [1.54, 1.807) is 0 Å². The molecule has 0 aromatic rings. The molecule has 0 saturated heterocycles. The number of unbranched alkanes of at least 4 members (excludes halogenated alkanes) is 15. The Morgan fingerprint density at radius 1 is 0.577 bits per heavy atom. The molecule has 0 heterocycles. The predicted octanol–water partition coefficient (Wildman–Crippen LogP) is 8.36. The summed E-state index contributed by atoms with van der Waals surface area (Å²) in [5, 5.41) is 3.63. The van der Waals surface area contributed by atoms with E-state index < -0.39 is 0 Å². The topological polar surface area (TPSA) is 12.0 Å². The van der Waals surface area contributed by atoms with Gasteiger partial charge in [-0.05, 0) is 25.8 Å². The highest BCUT2D eigenvalue weighted by Crippen LogP contribution is 2.13. The van der Waals surface area contributed by atoms with E-state index in [1.165, 1.54) is 103 Å². The minimum absolute atomic E-state index is 0.543. The molecule has 0 atom stereocenters. The average molecular weight is 364 g/mol. The maximum atomic E-state index is 3.84. The highest BCUT2D eigenvalue weighted by molar-refractivity contribution is 4.83. The van der Waals surface area contributed by atoms with E-state index in [1.807, 2.05) is 12.2 Å². The van der Waals surface area contributed by atoms with Crippen molar-refractivity contribution in [2.24, 2.45) is 0 Å². The molecule has 0 spiro atoms. The van der Waals surface area contributed by atoms with Crippen LogP contribution in [0.25, 0.3) is 0 Å². The van der Waals surface area contributed by atoms with Gasteiger partial charge in [-0.3, -0.25) is 0 Å². The molecule has 0 radical (unpaired) electrons. The van der Waals surface area contributed by atoms with E-state index in [9.17, 15) is 0 Å². The molecule has 0 aliphatic rings. The zero-order valence-electron chi connectivity index (χ0n) is 18.1. The molecule has 0 aromatic heterocycles. The molecule has 0 aliphatic carbocycles. The van der Waals surface area contributed by atoms with Crippen molar-refractivity contribution in [3.8, 4) is 0 Å². The summed E-state index contributed by atoms with van der Waals surface area (Å²) in [7, 11) is 0. The summed E-state index contributed by atoms with van der Waals surface area (Å²) >= 11 is 0. The first-order valence-electron chi connectivity index (χ1n) is 11.8. The van der Waals surface area contributed by atoms with E-state index >= 15 is 0 Å². The minimum atomic E-state index is 0.543. The molecule has 1 heteroatoms. The molecular weight excluding hydrogens is 314 g/mol. The third-order valence-electron chi connectivity index (χ3n) is 5.37. The Morgan fingerprint density at radius 3 is 1.27 bits per heavy atom. The predicted molar refractivity (Wildman–Crippen MR) is 121 cm³/mol. The van der Waals surface area contributed by atoms with Crippen molar-refractivity contribution in [1.82, 2.24) is 5.32 Å². The van der Waals surface area contributed by atoms with E-state index in [4.69, 9.17) is 0 Å². The van der Waals surface area contributed by atoms with Crippen molar-refractivity contribution in [2.45, 2.75) is 129 Å². The second kappa shape index (κ2) is 22.5. The maximum Gasteiger partial charge on any atom is 0.0136 e. The van der Waals surface area contributed by atoms with Crippen LogP contribution < -0.4 is 5.32 Å². The molecule has 154 valence electrons. The van der Waals surface area contributed by atoms with Crippen LogP contribution >= 0.6 is 0 Å². The van der Waals surface area contributed by atoms with Crippen LogP contribution in [-0.4, -0.2) is 12.6 Å². The maximum absolute atomic E-state index is 3.84. The second-order valence-electron chi connectivity index (χ2n) is 8.00. The Kier molecular flexibility index (Phi) is 22.0. The fourth-order valence-electron chi connectivity index (χ4n) is 3.64. The molecule has 0 amide bonds. The molecule has 0 fully saturated rings. The Hall–Kier alpha value is -0.560. The highest BCUT2D eigenvalue weighted by atomic mass is 14.9. The van der Waals surface area contributed by atoms with Gasteiger partial charge in [-0.15, -0.1) is 13.2 Å². The van der Waals surface area contributed by atoms with Crippen molar-refractivity contribution < 1.29 is 0 Å². The third-order valence-corrected chi connectivity index (χ3v) is 5.37. The van der Waals surface area contributed by atoms with Gasteiger partial charge in [0.1, 0.15) is 0 Å². The lowest BCUT2D eigenvalue weighted by atomic mass is 10.0. The first-order chi connectivity index (χ1) is 12.8. The van der Waals surface area contributed by atoms with Gasteiger partial charge in [0.2, 0.25) is 0 Å². The fraction of sp³-hybridized carbons (Fsp3) is 0.840. The molecule has 26 heavy (non-hydrogen) atoms. The normalized spacial score (nSPS) is 11.2. The minimum Gasteiger partial charge on any atom is -0.313 e. The Balaban J connectivity index is 3.15. The molecule has 0 bridgehead atoms. The van der Waals surface area contributed by atoms with Gasteiger partial charge in [-0.2, -0.15) is 0 Å². The summed E-state index contributed by atoms with van der Waals surface area (Å²) < 4.78 is 0. The van der Waals surface area contributed by atoms with E-state index in [0.717, 1.165) is 19.4 Å². The van der Waals surface area contributed by atoms with E-state index in [2.05, 4.69) is 25.4 Å². The first-order valence-corrected chi connectivity index (χ1v) is 11.8. The van der Waals surface area contributed by atoms with Gasteiger partial charge in [0.05, 0.1) is 0 Å². The Bertz CT molecular complexity index is 274. The van der Waals surface area contributed by atoms with Crippen LogP contribution in [0.2, 0.25) is 0 Å². The van der Waals surface area contributed by atoms with Crippen LogP contribution in [0, 0.1) is 0 Å². The molecular formula is C25H49N. The molecule has 0 rings (SSSR count). The van der Waals surface area contributed by atoms with Crippen LogP contribution in [0.5, 0.6) is 0 Å². The lowest BCUT2D eigenvalue weighted by molar-refractivity contribution is 0.490. The van der Waals surface area contributed by atoms with Crippen LogP contribution in [-0.2, 0) is 0 Å². The summed E-state index contributed by atoms with van der Waals surface area (Å²) in [6.07, 6.45) is 29.1. The zero-order valence-corrected chi connectivity index (χ0v) is 18.1. The van der Waals surface area contributed by atoms with Crippen molar-refractivity contribution in [3.05, 3.63) is 25.3 Å². The van der Waals surface area contributed by atoms with Crippen LogP contribution in [0.3, 0.4) is 0 Å². The summed E-state index contributed by atoms with van der Waals surface area (Å²) in [6, 6.07) is 0.543. The molecule has 0 unspecified atom stereocenters. The van der Waals surface area contributed by atoms with Gasteiger partial charge in [-0.1, -0.05) is 115 Å². The molecule has 1 N–H and O–H groups in total. The average Bonchev–Trinajstić information content (AvgIpc) is 2.64. The van der Waals surface area contributed by atoms with Crippen molar-refractivity contribution in [3.63, 3.8) is 0 Å².